The molecule has 1 N–H and O–H groups in total. The molecule has 1 aromatic rings. The van der Waals surface area contributed by atoms with Gasteiger partial charge in [-0.15, -0.1) is 0 Å². The number of nitrogens with zero attached hydrogens (tertiary/aromatic N) is 2. The van der Waals surface area contributed by atoms with Crippen LogP contribution in [0.1, 0.15) is 25.7 Å². The van der Waals surface area contributed by atoms with Crippen molar-refractivity contribution in [2.24, 2.45) is 0 Å². The van der Waals surface area contributed by atoms with Crippen LogP contribution >= 0.6 is 0 Å². The molecular formula is C18H25N3O3. The number of hydrogen-bond donors (Lipinski definition) is 1. The Morgan fingerprint density at radius 2 is 1.92 bits per heavy atom. The Labute approximate surface area is 142 Å². The number of amides is 2. The highest BCUT2D eigenvalue weighted by atomic mass is 16.5. The molecule has 2 aliphatic rings. The minimum absolute atomic E-state index is 0.0222. The summed E-state index contributed by atoms with van der Waals surface area (Å²) in [5.74, 6) is 0.730. The van der Waals surface area contributed by atoms with Gasteiger partial charge in [0, 0.05) is 24.7 Å². The van der Waals surface area contributed by atoms with Crippen molar-refractivity contribution in [3.8, 4) is 5.75 Å². The Morgan fingerprint density at radius 1 is 1.21 bits per heavy atom. The standard InChI is InChI=1S/C18H25N3O3/c1-20-11-8-14(9-12-20)19-17(22)13-24-16-6-4-15(5-7-16)21-10-2-3-18(21)23/h4-7,14H,2-3,8-13H2,1H3,(H,19,22). The van der Waals surface area contributed by atoms with Crippen LogP contribution in [0.15, 0.2) is 24.3 Å². The maximum Gasteiger partial charge on any atom is 0.258 e. The monoisotopic (exact) mass is 331 g/mol. The van der Waals surface area contributed by atoms with Gasteiger partial charge in [-0.05, 0) is 63.7 Å². The molecule has 6 heteroatoms. The van der Waals surface area contributed by atoms with Crippen LogP contribution in [0.3, 0.4) is 0 Å². The molecule has 2 fully saturated rings. The smallest absolute Gasteiger partial charge is 0.258 e. The van der Waals surface area contributed by atoms with E-state index >= 15 is 0 Å². The summed E-state index contributed by atoms with van der Waals surface area (Å²) in [6, 6.07) is 7.61. The van der Waals surface area contributed by atoms with Crippen LogP contribution in [0, 0.1) is 0 Å². The summed E-state index contributed by atoms with van der Waals surface area (Å²) < 4.78 is 5.55. The fourth-order valence-electron chi connectivity index (χ4n) is 3.21. The number of ether oxygens (including phenoxy) is 1. The zero-order valence-electron chi connectivity index (χ0n) is 14.2. The van der Waals surface area contributed by atoms with Gasteiger partial charge in [0.2, 0.25) is 5.91 Å². The van der Waals surface area contributed by atoms with Crippen molar-refractivity contribution in [1.82, 2.24) is 10.2 Å². The van der Waals surface area contributed by atoms with Crippen molar-refractivity contribution >= 4 is 17.5 Å². The number of likely N-dealkylation sites (tertiary alicyclic amines) is 1. The first kappa shape index (κ1) is 16.8. The van der Waals surface area contributed by atoms with Crippen LogP contribution in [0.2, 0.25) is 0 Å². The van der Waals surface area contributed by atoms with E-state index < -0.39 is 0 Å². The van der Waals surface area contributed by atoms with Gasteiger partial charge < -0.3 is 19.9 Å². The molecule has 1 aromatic carbocycles. The quantitative estimate of drug-likeness (QED) is 0.886. The van der Waals surface area contributed by atoms with Gasteiger partial charge in [0.25, 0.3) is 5.91 Å². The van der Waals surface area contributed by atoms with Crippen LogP contribution in [0.5, 0.6) is 5.75 Å². The molecule has 0 bridgehead atoms. The Morgan fingerprint density at radius 3 is 2.54 bits per heavy atom. The molecule has 0 spiro atoms. The maximum atomic E-state index is 12.0. The zero-order chi connectivity index (χ0) is 16.9. The molecule has 0 radical (unpaired) electrons. The highest BCUT2D eigenvalue weighted by Crippen LogP contribution is 2.23. The van der Waals surface area contributed by atoms with E-state index in [9.17, 15) is 9.59 Å². The van der Waals surface area contributed by atoms with E-state index in [2.05, 4.69) is 17.3 Å². The highest BCUT2D eigenvalue weighted by Gasteiger charge is 2.21. The van der Waals surface area contributed by atoms with E-state index in [-0.39, 0.29) is 24.5 Å². The lowest BCUT2D eigenvalue weighted by atomic mass is 10.1. The number of rotatable bonds is 5. The number of hydrogen-bond acceptors (Lipinski definition) is 4. The Hall–Kier alpha value is -2.08. The predicted octanol–water partition coefficient (Wildman–Crippen LogP) is 1.40. The molecule has 2 amide bonds. The lowest BCUT2D eigenvalue weighted by molar-refractivity contribution is -0.124. The summed E-state index contributed by atoms with van der Waals surface area (Å²) in [6.45, 7) is 2.83. The molecule has 0 aliphatic carbocycles. The summed E-state index contributed by atoms with van der Waals surface area (Å²) in [5, 5.41) is 3.03. The van der Waals surface area contributed by atoms with E-state index in [1.54, 1.807) is 4.90 Å². The molecule has 0 atom stereocenters. The maximum absolute atomic E-state index is 12.0. The average Bonchev–Trinajstić information content (AvgIpc) is 3.02. The third-order valence-corrected chi connectivity index (χ3v) is 4.68. The van der Waals surface area contributed by atoms with Gasteiger partial charge in [-0.3, -0.25) is 9.59 Å². The van der Waals surface area contributed by atoms with Crippen molar-refractivity contribution < 1.29 is 14.3 Å². The largest absolute Gasteiger partial charge is 0.484 e. The SMILES string of the molecule is CN1CCC(NC(=O)COc2ccc(N3CCCC3=O)cc2)CC1. The van der Waals surface area contributed by atoms with Crippen molar-refractivity contribution in [2.45, 2.75) is 31.7 Å². The second kappa shape index (κ2) is 7.66. The predicted molar refractivity (Wildman–Crippen MR) is 92.2 cm³/mol. The first-order valence-corrected chi connectivity index (χ1v) is 8.63. The molecule has 0 aromatic heterocycles. The van der Waals surface area contributed by atoms with Gasteiger partial charge in [-0.2, -0.15) is 0 Å². The third kappa shape index (κ3) is 4.26. The van der Waals surface area contributed by atoms with Gasteiger partial charge in [0.15, 0.2) is 6.61 Å². The topological polar surface area (TPSA) is 61.9 Å². The molecule has 2 saturated heterocycles. The van der Waals surface area contributed by atoms with Gasteiger partial charge in [-0.1, -0.05) is 0 Å². The normalized spacial score (nSPS) is 19.5. The van der Waals surface area contributed by atoms with E-state index in [4.69, 9.17) is 4.74 Å². The summed E-state index contributed by atoms with van der Waals surface area (Å²) in [7, 11) is 2.10. The number of piperidine rings is 1. The van der Waals surface area contributed by atoms with Gasteiger partial charge in [-0.25, -0.2) is 0 Å². The molecular weight excluding hydrogens is 306 g/mol. The van der Waals surface area contributed by atoms with Crippen LogP contribution < -0.4 is 15.0 Å². The molecule has 0 unspecified atom stereocenters. The fourth-order valence-corrected chi connectivity index (χ4v) is 3.21. The van der Waals surface area contributed by atoms with E-state index in [1.165, 1.54) is 0 Å². The molecule has 2 aliphatic heterocycles. The first-order valence-electron chi connectivity index (χ1n) is 8.63. The minimum atomic E-state index is -0.0802. The second-order valence-electron chi connectivity index (χ2n) is 6.58. The molecule has 24 heavy (non-hydrogen) atoms. The molecule has 2 heterocycles. The molecule has 6 nitrogen and oxygen atoms in total. The van der Waals surface area contributed by atoms with Crippen molar-refractivity contribution in [2.75, 3.05) is 38.2 Å². The van der Waals surface area contributed by atoms with E-state index in [1.807, 2.05) is 24.3 Å². The fraction of sp³-hybridized carbons (Fsp3) is 0.556. The number of carbonyl (C=O) groups excluding carboxylic acids is 2. The average molecular weight is 331 g/mol. The summed E-state index contributed by atoms with van der Waals surface area (Å²) >= 11 is 0. The van der Waals surface area contributed by atoms with Gasteiger partial charge in [0.1, 0.15) is 5.75 Å². The summed E-state index contributed by atoms with van der Waals surface area (Å²) in [5.41, 5.74) is 0.889. The van der Waals surface area contributed by atoms with Crippen molar-refractivity contribution in [3.63, 3.8) is 0 Å². The summed E-state index contributed by atoms with van der Waals surface area (Å²) in [6.07, 6.45) is 3.51. The summed E-state index contributed by atoms with van der Waals surface area (Å²) in [4.78, 5) is 27.8. The lowest BCUT2D eigenvalue weighted by Crippen LogP contribution is -2.44. The second-order valence-corrected chi connectivity index (χ2v) is 6.58. The minimum Gasteiger partial charge on any atom is -0.484 e. The van der Waals surface area contributed by atoms with Crippen LogP contribution in [-0.4, -0.2) is 56.0 Å². The van der Waals surface area contributed by atoms with E-state index in [0.717, 1.165) is 44.6 Å². The Balaban J connectivity index is 1.44. The van der Waals surface area contributed by atoms with Crippen LogP contribution in [0.4, 0.5) is 5.69 Å². The van der Waals surface area contributed by atoms with Crippen LogP contribution in [0.25, 0.3) is 0 Å². The van der Waals surface area contributed by atoms with Crippen molar-refractivity contribution in [3.05, 3.63) is 24.3 Å². The first-order chi connectivity index (χ1) is 11.6. The molecule has 0 saturated carbocycles. The Kier molecular flexibility index (Phi) is 5.35. The third-order valence-electron chi connectivity index (χ3n) is 4.68. The molecule has 3 rings (SSSR count). The zero-order valence-corrected chi connectivity index (χ0v) is 14.2. The molecule has 130 valence electrons. The van der Waals surface area contributed by atoms with Crippen LogP contribution in [-0.2, 0) is 9.59 Å². The van der Waals surface area contributed by atoms with Gasteiger partial charge in [0.05, 0.1) is 0 Å². The number of anilines is 1. The van der Waals surface area contributed by atoms with Gasteiger partial charge >= 0.3 is 0 Å². The highest BCUT2D eigenvalue weighted by molar-refractivity contribution is 5.95. The van der Waals surface area contributed by atoms with Crippen molar-refractivity contribution in [1.29, 1.82) is 0 Å². The Bertz CT molecular complexity index is 580. The number of benzene rings is 1. The number of nitrogens with one attached hydrogen (secondary N) is 1. The number of carbonyl (C=O) groups is 2. The lowest BCUT2D eigenvalue weighted by Gasteiger charge is -2.29. The van der Waals surface area contributed by atoms with E-state index in [0.29, 0.717) is 12.2 Å².